The lowest BCUT2D eigenvalue weighted by atomic mass is 10.0. The average molecular weight is 406 g/mol. The molecule has 5 aromatic rings. The monoisotopic (exact) mass is 406 g/mol. The Morgan fingerprint density at radius 2 is 1.97 bits per heavy atom. The molecule has 0 saturated carbocycles. The van der Waals surface area contributed by atoms with Crippen molar-refractivity contribution in [2.75, 3.05) is 5.43 Å². The first-order valence-corrected chi connectivity index (χ1v) is 10.1. The van der Waals surface area contributed by atoms with Gasteiger partial charge in [-0.1, -0.05) is 25.1 Å². The van der Waals surface area contributed by atoms with Gasteiger partial charge in [0.1, 0.15) is 22.7 Å². The molecule has 0 amide bonds. The van der Waals surface area contributed by atoms with Crippen LogP contribution >= 0.6 is 0 Å². The smallest absolute Gasteiger partial charge is 0.253 e. The predicted octanol–water partition coefficient (Wildman–Crippen LogP) is 4.04. The van der Waals surface area contributed by atoms with Gasteiger partial charge in [-0.05, 0) is 48.7 Å². The summed E-state index contributed by atoms with van der Waals surface area (Å²) in [5.41, 5.74) is 11.2. The first-order chi connectivity index (χ1) is 15.2. The van der Waals surface area contributed by atoms with E-state index in [2.05, 4.69) is 38.5 Å². The highest BCUT2D eigenvalue weighted by atomic mass is 15.3. The first-order valence-electron chi connectivity index (χ1n) is 10.1. The van der Waals surface area contributed by atoms with Crippen LogP contribution in [0.1, 0.15) is 29.2 Å². The second-order valence-corrected chi connectivity index (χ2v) is 7.29. The SMILES string of the molecule is CCc1c(C)c(C#N)c2[nH]c3ccccc3[n+]2c1NN=Cc1ccc2nccnc2c1. The third kappa shape index (κ3) is 3.06. The molecular weight excluding hydrogens is 386 g/mol. The number of aromatic amines is 1. The van der Waals surface area contributed by atoms with Gasteiger partial charge in [-0.25, -0.2) is 0 Å². The molecule has 0 aliphatic rings. The fraction of sp³-hybridized carbons (Fsp3) is 0.125. The summed E-state index contributed by atoms with van der Waals surface area (Å²) in [5.74, 6) is 0.850. The first kappa shape index (κ1) is 18.7. The van der Waals surface area contributed by atoms with E-state index in [-0.39, 0.29) is 0 Å². The van der Waals surface area contributed by atoms with Gasteiger partial charge in [-0.15, -0.1) is 5.10 Å². The Hall–Kier alpha value is -4.31. The zero-order valence-corrected chi connectivity index (χ0v) is 17.2. The van der Waals surface area contributed by atoms with Gasteiger partial charge in [0.2, 0.25) is 5.65 Å². The van der Waals surface area contributed by atoms with E-state index in [0.29, 0.717) is 5.56 Å². The van der Waals surface area contributed by atoms with Crippen LogP contribution in [0.25, 0.3) is 27.7 Å². The molecule has 2 N–H and O–H groups in total. The maximum absolute atomic E-state index is 9.82. The van der Waals surface area contributed by atoms with E-state index in [4.69, 9.17) is 0 Å². The highest BCUT2D eigenvalue weighted by Crippen LogP contribution is 2.25. The minimum atomic E-state index is 0.649. The van der Waals surface area contributed by atoms with Crippen LogP contribution in [-0.4, -0.2) is 21.2 Å². The highest BCUT2D eigenvalue weighted by Gasteiger charge is 2.24. The van der Waals surface area contributed by atoms with Gasteiger partial charge in [-0.3, -0.25) is 15.0 Å². The van der Waals surface area contributed by atoms with E-state index in [1.807, 2.05) is 53.8 Å². The number of hydrogen-bond donors (Lipinski definition) is 2. The molecule has 0 radical (unpaired) electrons. The van der Waals surface area contributed by atoms with Crippen molar-refractivity contribution in [3.05, 3.63) is 77.1 Å². The van der Waals surface area contributed by atoms with Crippen molar-refractivity contribution in [2.24, 2.45) is 5.10 Å². The molecule has 0 aliphatic heterocycles. The van der Waals surface area contributed by atoms with Crippen molar-refractivity contribution in [2.45, 2.75) is 20.3 Å². The summed E-state index contributed by atoms with van der Waals surface area (Å²) in [6.07, 6.45) is 5.90. The van der Waals surface area contributed by atoms with E-state index in [9.17, 15) is 5.26 Å². The molecule has 0 saturated heterocycles. The van der Waals surface area contributed by atoms with Crippen LogP contribution in [0.15, 0.2) is 60.0 Å². The summed E-state index contributed by atoms with van der Waals surface area (Å²) in [5, 5.41) is 14.3. The molecule has 0 unspecified atom stereocenters. The summed E-state index contributed by atoms with van der Waals surface area (Å²) in [4.78, 5) is 12.0. The van der Waals surface area contributed by atoms with Crippen LogP contribution < -0.4 is 9.83 Å². The summed E-state index contributed by atoms with van der Waals surface area (Å²) in [7, 11) is 0. The molecule has 0 fully saturated rings. The lowest BCUT2D eigenvalue weighted by molar-refractivity contribution is -0.465. The predicted molar refractivity (Wildman–Crippen MR) is 121 cm³/mol. The third-order valence-corrected chi connectivity index (χ3v) is 5.54. The van der Waals surface area contributed by atoms with Crippen LogP contribution in [-0.2, 0) is 6.42 Å². The molecular formula is C24H20N7+. The Bertz CT molecular complexity index is 1520. The Morgan fingerprint density at radius 1 is 1.16 bits per heavy atom. The van der Waals surface area contributed by atoms with E-state index in [0.717, 1.165) is 56.6 Å². The molecule has 0 atom stereocenters. The fourth-order valence-corrected chi connectivity index (χ4v) is 4.04. The number of imidazole rings is 1. The second-order valence-electron chi connectivity index (χ2n) is 7.29. The van der Waals surface area contributed by atoms with Crippen LogP contribution in [0, 0.1) is 18.3 Å². The largest absolute Gasteiger partial charge is 0.269 e. The van der Waals surface area contributed by atoms with Gasteiger partial charge in [0, 0.05) is 18.0 Å². The van der Waals surface area contributed by atoms with Crippen molar-refractivity contribution in [3.63, 3.8) is 0 Å². The highest BCUT2D eigenvalue weighted by molar-refractivity contribution is 5.87. The maximum Gasteiger partial charge on any atom is 0.253 e. The molecule has 7 nitrogen and oxygen atoms in total. The van der Waals surface area contributed by atoms with Crippen LogP contribution in [0.2, 0.25) is 0 Å². The van der Waals surface area contributed by atoms with Crippen LogP contribution in [0.5, 0.6) is 0 Å². The molecule has 150 valence electrons. The molecule has 0 bridgehead atoms. The van der Waals surface area contributed by atoms with Crippen molar-refractivity contribution >= 4 is 39.7 Å². The average Bonchev–Trinajstić information content (AvgIpc) is 3.18. The zero-order chi connectivity index (χ0) is 21.4. The Labute approximate surface area is 178 Å². The topological polar surface area (TPSA) is 93.8 Å². The number of benzene rings is 2. The number of anilines is 1. The summed E-state index contributed by atoms with van der Waals surface area (Å²) < 4.78 is 2.04. The van der Waals surface area contributed by atoms with E-state index in [1.54, 1.807) is 18.6 Å². The zero-order valence-electron chi connectivity index (χ0n) is 17.2. The number of fused-ring (bicyclic) bond motifs is 4. The van der Waals surface area contributed by atoms with Gasteiger partial charge in [0.25, 0.3) is 5.82 Å². The summed E-state index contributed by atoms with van der Waals surface area (Å²) in [6.45, 7) is 4.07. The number of pyridine rings is 1. The van der Waals surface area contributed by atoms with E-state index in [1.165, 1.54) is 0 Å². The number of H-pyrrole nitrogens is 1. The maximum atomic E-state index is 9.82. The molecule has 5 rings (SSSR count). The lowest BCUT2D eigenvalue weighted by Crippen LogP contribution is -2.28. The molecule has 31 heavy (non-hydrogen) atoms. The van der Waals surface area contributed by atoms with E-state index >= 15 is 0 Å². The number of rotatable bonds is 4. The molecule has 0 aliphatic carbocycles. The van der Waals surface area contributed by atoms with Gasteiger partial charge < -0.3 is 0 Å². The van der Waals surface area contributed by atoms with Gasteiger partial charge >= 0.3 is 0 Å². The quantitative estimate of drug-likeness (QED) is 0.268. The van der Waals surface area contributed by atoms with Gasteiger partial charge in [0.15, 0.2) is 0 Å². The lowest BCUT2D eigenvalue weighted by Gasteiger charge is -2.10. The number of para-hydroxylation sites is 2. The summed E-state index contributed by atoms with van der Waals surface area (Å²) >= 11 is 0. The molecule has 7 heteroatoms. The number of aromatic nitrogens is 4. The molecule has 2 aromatic carbocycles. The second kappa shape index (κ2) is 7.50. The van der Waals surface area contributed by atoms with Crippen LogP contribution in [0.4, 0.5) is 5.82 Å². The molecule has 3 heterocycles. The number of nitrogens with zero attached hydrogens (tertiary/aromatic N) is 5. The Morgan fingerprint density at radius 3 is 2.77 bits per heavy atom. The van der Waals surface area contributed by atoms with Crippen molar-refractivity contribution < 1.29 is 4.40 Å². The number of hydrazone groups is 1. The number of hydrogen-bond acceptors (Lipinski definition) is 5. The fourth-order valence-electron chi connectivity index (χ4n) is 4.04. The van der Waals surface area contributed by atoms with Crippen LogP contribution in [0.3, 0.4) is 0 Å². The Kier molecular flexibility index (Phi) is 4.53. The Balaban J connectivity index is 1.64. The number of nitriles is 1. The molecule has 0 spiro atoms. The van der Waals surface area contributed by atoms with Gasteiger partial charge in [0.05, 0.1) is 17.2 Å². The minimum Gasteiger partial charge on any atom is -0.269 e. The third-order valence-electron chi connectivity index (χ3n) is 5.54. The number of nitrogens with one attached hydrogen (secondary N) is 2. The molecule has 3 aromatic heterocycles. The van der Waals surface area contributed by atoms with Gasteiger partial charge in [-0.2, -0.15) is 15.1 Å². The van der Waals surface area contributed by atoms with E-state index < -0.39 is 0 Å². The normalized spacial score (nSPS) is 11.5. The minimum absolute atomic E-state index is 0.649. The van der Waals surface area contributed by atoms with Crippen molar-refractivity contribution in [1.29, 1.82) is 5.26 Å². The van der Waals surface area contributed by atoms with Crippen molar-refractivity contribution in [3.8, 4) is 6.07 Å². The van der Waals surface area contributed by atoms with Crippen molar-refractivity contribution in [1.82, 2.24) is 15.0 Å². The summed E-state index contributed by atoms with van der Waals surface area (Å²) in [6, 6.07) is 16.2. The standard InChI is InChI=1S/C24H19N7/c1-3-17-15(2)18(13-25)23-29-20-6-4-5-7-22(20)31(23)24(17)30-28-14-16-8-9-19-21(12-16)27-11-10-26-19/h4-12,14H,3H2,1-2H3,(H,27,29,30)/p+1.